The van der Waals surface area contributed by atoms with Crippen LogP contribution in [0.2, 0.25) is 0 Å². The smallest absolute Gasteiger partial charge is 0.159 e. The summed E-state index contributed by atoms with van der Waals surface area (Å²) >= 11 is 0. The van der Waals surface area contributed by atoms with Crippen molar-refractivity contribution in [1.82, 2.24) is 0 Å². The highest BCUT2D eigenvalue weighted by Crippen LogP contribution is 2.19. The molecule has 2 N–H and O–H groups in total. The van der Waals surface area contributed by atoms with Gasteiger partial charge in [0.15, 0.2) is 11.6 Å². The minimum atomic E-state index is -0.936. The molecule has 0 radical (unpaired) electrons. The molecule has 106 valence electrons. The minimum absolute atomic E-state index is 0.0305. The van der Waals surface area contributed by atoms with E-state index in [4.69, 9.17) is 10.5 Å². The lowest BCUT2D eigenvalue weighted by molar-refractivity contribution is 0.303. The second-order valence-electron chi connectivity index (χ2n) is 4.37. The SMILES string of the molecule is NCCc1cc(F)cc(OCc2ccc(F)c(F)c2)c1. The van der Waals surface area contributed by atoms with Crippen LogP contribution in [0.4, 0.5) is 13.2 Å². The zero-order valence-corrected chi connectivity index (χ0v) is 10.7. The predicted octanol–water partition coefficient (Wildman–Crippen LogP) is 3.18. The molecule has 2 nitrogen and oxygen atoms in total. The summed E-state index contributed by atoms with van der Waals surface area (Å²) in [6.07, 6.45) is 0.541. The van der Waals surface area contributed by atoms with Gasteiger partial charge in [0.25, 0.3) is 0 Å². The van der Waals surface area contributed by atoms with Gasteiger partial charge in [-0.25, -0.2) is 13.2 Å². The van der Waals surface area contributed by atoms with Gasteiger partial charge in [0, 0.05) is 6.07 Å². The van der Waals surface area contributed by atoms with E-state index in [-0.39, 0.29) is 6.61 Å². The summed E-state index contributed by atoms with van der Waals surface area (Å²) < 4.78 is 44.6. The molecule has 2 aromatic rings. The summed E-state index contributed by atoms with van der Waals surface area (Å²) in [5.41, 5.74) is 6.61. The van der Waals surface area contributed by atoms with Crippen LogP contribution in [0.3, 0.4) is 0 Å². The van der Waals surface area contributed by atoms with Gasteiger partial charge < -0.3 is 10.5 Å². The van der Waals surface area contributed by atoms with Crippen LogP contribution in [0.5, 0.6) is 5.75 Å². The number of hydrogen-bond acceptors (Lipinski definition) is 2. The van der Waals surface area contributed by atoms with E-state index < -0.39 is 17.5 Å². The van der Waals surface area contributed by atoms with E-state index in [1.807, 2.05) is 0 Å². The molecule has 0 spiro atoms. The van der Waals surface area contributed by atoms with Crippen molar-refractivity contribution in [3.8, 4) is 5.75 Å². The Morgan fingerprint density at radius 1 is 0.900 bits per heavy atom. The van der Waals surface area contributed by atoms with Gasteiger partial charge in [-0.05, 0) is 48.4 Å². The molecule has 0 aliphatic carbocycles. The van der Waals surface area contributed by atoms with E-state index in [0.29, 0.717) is 24.3 Å². The van der Waals surface area contributed by atoms with Crippen molar-refractivity contribution in [1.29, 1.82) is 0 Å². The Kier molecular flexibility index (Phi) is 4.63. The third-order valence-corrected chi connectivity index (χ3v) is 2.75. The van der Waals surface area contributed by atoms with Gasteiger partial charge in [-0.1, -0.05) is 6.07 Å². The molecule has 0 aliphatic heterocycles. The fourth-order valence-electron chi connectivity index (χ4n) is 1.81. The van der Waals surface area contributed by atoms with Crippen LogP contribution in [0, 0.1) is 17.5 Å². The molecule has 0 fully saturated rings. The van der Waals surface area contributed by atoms with E-state index in [1.165, 1.54) is 18.2 Å². The summed E-state index contributed by atoms with van der Waals surface area (Å²) in [5, 5.41) is 0. The second-order valence-corrected chi connectivity index (χ2v) is 4.37. The zero-order chi connectivity index (χ0) is 14.5. The minimum Gasteiger partial charge on any atom is -0.489 e. The molecule has 0 bridgehead atoms. The lowest BCUT2D eigenvalue weighted by Gasteiger charge is -2.09. The number of benzene rings is 2. The number of nitrogens with two attached hydrogens (primary N) is 1. The standard InChI is InChI=1S/C15H14F3NO/c16-12-5-10(3-4-19)6-13(8-12)20-9-11-1-2-14(17)15(18)7-11/h1-2,5-8H,3-4,9,19H2. The molecule has 0 aromatic heterocycles. The van der Waals surface area contributed by atoms with Gasteiger partial charge in [-0.15, -0.1) is 0 Å². The van der Waals surface area contributed by atoms with Crippen LogP contribution >= 0.6 is 0 Å². The molecule has 0 unspecified atom stereocenters. The Morgan fingerprint density at radius 2 is 1.70 bits per heavy atom. The molecular formula is C15H14F3NO. The topological polar surface area (TPSA) is 35.2 Å². The van der Waals surface area contributed by atoms with Gasteiger partial charge >= 0.3 is 0 Å². The van der Waals surface area contributed by atoms with Crippen LogP contribution in [0.1, 0.15) is 11.1 Å². The fourth-order valence-corrected chi connectivity index (χ4v) is 1.81. The summed E-state index contributed by atoms with van der Waals surface area (Å²) in [5.74, 6) is -1.94. The van der Waals surface area contributed by atoms with E-state index in [0.717, 1.165) is 17.7 Å². The molecule has 0 atom stereocenters. The first kappa shape index (κ1) is 14.4. The normalized spacial score (nSPS) is 10.6. The van der Waals surface area contributed by atoms with Crippen molar-refractivity contribution in [3.63, 3.8) is 0 Å². The third kappa shape index (κ3) is 3.74. The zero-order valence-electron chi connectivity index (χ0n) is 10.7. The van der Waals surface area contributed by atoms with Crippen LogP contribution in [-0.2, 0) is 13.0 Å². The van der Waals surface area contributed by atoms with Gasteiger partial charge in [0.05, 0.1) is 0 Å². The Bertz CT molecular complexity index is 602. The number of hydrogen-bond donors (Lipinski definition) is 1. The van der Waals surface area contributed by atoms with Gasteiger partial charge in [-0.2, -0.15) is 0 Å². The van der Waals surface area contributed by atoms with Crippen LogP contribution < -0.4 is 10.5 Å². The van der Waals surface area contributed by atoms with Crippen LogP contribution in [0.25, 0.3) is 0 Å². The Morgan fingerprint density at radius 3 is 2.40 bits per heavy atom. The Labute approximate surface area is 115 Å². The van der Waals surface area contributed by atoms with E-state index in [1.54, 1.807) is 6.07 Å². The third-order valence-electron chi connectivity index (χ3n) is 2.75. The first-order chi connectivity index (χ1) is 9.58. The average Bonchev–Trinajstić information content (AvgIpc) is 2.40. The lowest BCUT2D eigenvalue weighted by atomic mass is 10.1. The van der Waals surface area contributed by atoms with Crippen molar-refractivity contribution in [3.05, 3.63) is 65.0 Å². The maximum Gasteiger partial charge on any atom is 0.159 e. The molecule has 5 heteroatoms. The molecule has 2 aromatic carbocycles. The fraction of sp³-hybridized carbons (Fsp3) is 0.200. The lowest BCUT2D eigenvalue weighted by Crippen LogP contribution is -2.04. The highest BCUT2D eigenvalue weighted by Gasteiger charge is 2.05. The highest BCUT2D eigenvalue weighted by atomic mass is 19.2. The summed E-state index contributed by atoms with van der Waals surface area (Å²) in [4.78, 5) is 0. The first-order valence-corrected chi connectivity index (χ1v) is 6.15. The van der Waals surface area contributed by atoms with Crippen LogP contribution in [0.15, 0.2) is 36.4 Å². The number of rotatable bonds is 5. The predicted molar refractivity (Wildman–Crippen MR) is 69.8 cm³/mol. The summed E-state index contributed by atoms with van der Waals surface area (Å²) in [6.45, 7) is 0.439. The molecule has 0 amide bonds. The first-order valence-electron chi connectivity index (χ1n) is 6.15. The number of ether oxygens (including phenoxy) is 1. The van der Waals surface area contributed by atoms with Gasteiger partial charge in [0.1, 0.15) is 18.2 Å². The second kappa shape index (κ2) is 6.43. The highest BCUT2D eigenvalue weighted by molar-refractivity contribution is 5.30. The summed E-state index contributed by atoms with van der Waals surface area (Å²) in [7, 11) is 0. The van der Waals surface area contributed by atoms with Crippen molar-refractivity contribution in [2.75, 3.05) is 6.54 Å². The molecule has 0 saturated carbocycles. The number of halogens is 3. The Hall–Kier alpha value is -2.01. The van der Waals surface area contributed by atoms with E-state index in [9.17, 15) is 13.2 Å². The van der Waals surface area contributed by atoms with Gasteiger partial charge in [0.2, 0.25) is 0 Å². The van der Waals surface area contributed by atoms with Crippen molar-refractivity contribution < 1.29 is 17.9 Å². The molecule has 0 heterocycles. The van der Waals surface area contributed by atoms with Crippen molar-refractivity contribution in [2.24, 2.45) is 5.73 Å². The van der Waals surface area contributed by atoms with E-state index in [2.05, 4.69) is 0 Å². The average molecular weight is 281 g/mol. The quantitative estimate of drug-likeness (QED) is 0.913. The largest absolute Gasteiger partial charge is 0.489 e. The maximum atomic E-state index is 13.4. The molecule has 0 saturated heterocycles. The molecule has 20 heavy (non-hydrogen) atoms. The molecule has 0 aliphatic rings. The summed E-state index contributed by atoms with van der Waals surface area (Å²) in [6, 6.07) is 7.79. The van der Waals surface area contributed by atoms with Crippen LogP contribution in [-0.4, -0.2) is 6.54 Å². The maximum absolute atomic E-state index is 13.4. The molecule has 2 rings (SSSR count). The Balaban J connectivity index is 2.08. The molecular weight excluding hydrogens is 267 g/mol. The van der Waals surface area contributed by atoms with Crippen molar-refractivity contribution in [2.45, 2.75) is 13.0 Å². The van der Waals surface area contributed by atoms with Gasteiger partial charge in [-0.3, -0.25) is 0 Å². The van der Waals surface area contributed by atoms with E-state index >= 15 is 0 Å². The monoisotopic (exact) mass is 281 g/mol. The van der Waals surface area contributed by atoms with Crippen molar-refractivity contribution >= 4 is 0 Å².